The number of hydrogen-bond acceptors (Lipinski definition) is 3. The van der Waals surface area contributed by atoms with E-state index in [0.717, 1.165) is 33.2 Å². The second-order valence-electron chi connectivity index (χ2n) is 7.70. The highest BCUT2D eigenvalue weighted by Gasteiger charge is 2.13. The summed E-state index contributed by atoms with van der Waals surface area (Å²) >= 11 is 0. The van der Waals surface area contributed by atoms with Crippen LogP contribution in [0.3, 0.4) is 0 Å². The van der Waals surface area contributed by atoms with Gasteiger partial charge in [0.1, 0.15) is 18.8 Å². The highest BCUT2D eigenvalue weighted by atomic mass is 16.5. The topological polar surface area (TPSA) is 68.5 Å². The Morgan fingerprint density at radius 2 is 1.50 bits per heavy atom. The van der Waals surface area contributed by atoms with Gasteiger partial charge in [-0.15, -0.1) is 0 Å². The molecule has 2 aromatic carbocycles. The van der Waals surface area contributed by atoms with Crippen LogP contribution in [0.5, 0.6) is 5.75 Å². The molecule has 0 aliphatic rings. The lowest BCUT2D eigenvalue weighted by molar-refractivity contribution is -0.131. The summed E-state index contributed by atoms with van der Waals surface area (Å²) in [6.07, 6.45) is 3.82. The number of hydrogen-bond donors (Lipinski definition) is 1. The maximum absolute atomic E-state index is 12.7. The maximum Gasteiger partial charge on any atom is 0.244 e. The average molecular weight is 433 g/mol. The molecule has 4 rings (SSSR count). The van der Waals surface area contributed by atoms with Gasteiger partial charge in [0.2, 0.25) is 11.8 Å². The van der Waals surface area contributed by atoms with Crippen molar-refractivity contribution < 1.29 is 14.3 Å². The number of carbonyl (C=O) groups is 2. The summed E-state index contributed by atoms with van der Waals surface area (Å²) in [5.41, 5.74) is 2.67. The van der Waals surface area contributed by atoms with Crippen LogP contribution in [-0.4, -0.2) is 46.0 Å². The van der Waals surface area contributed by atoms with E-state index in [1.54, 1.807) is 7.11 Å². The van der Waals surface area contributed by atoms with Crippen LogP contribution in [-0.2, 0) is 22.7 Å². The lowest BCUT2D eigenvalue weighted by atomic mass is 10.2. The molecule has 0 atom stereocenters. The van der Waals surface area contributed by atoms with E-state index in [-0.39, 0.29) is 18.4 Å². The van der Waals surface area contributed by atoms with Gasteiger partial charge in [-0.2, -0.15) is 0 Å². The number of likely N-dealkylation sites (N-methyl/N-ethyl adjacent to an activating group) is 1. The van der Waals surface area contributed by atoms with Crippen molar-refractivity contribution in [1.82, 2.24) is 14.0 Å². The monoisotopic (exact) mass is 432 g/mol. The van der Waals surface area contributed by atoms with Gasteiger partial charge in [0, 0.05) is 53.0 Å². The molecule has 0 saturated carbocycles. The van der Waals surface area contributed by atoms with Gasteiger partial charge in [0.05, 0.1) is 7.11 Å². The van der Waals surface area contributed by atoms with Crippen LogP contribution in [0.15, 0.2) is 60.9 Å². The molecular weight excluding hydrogens is 404 g/mol. The molecule has 0 spiro atoms. The van der Waals surface area contributed by atoms with Crippen LogP contribution in [0.2, 0.25) is 0 Å². The third-order valence-electron chi connectivity index (χ3n) is 5.77. The number of nitrogens with zero attached hydrogens (tertiary/aromatic N) is 3. The summed E-state index contributed by atoms with van der Waals surface area (Å²) in [5.74, 6) is 0.786. The van der Waals surface area contributed by atoms with Gasteiger partial charge in [0.25, 0.3) is 0 Å². The zero-order valence-corrected chi connectivity index (χ0v) is 18.7. The summed E-state index contributed by atoms with van der Waals surface area (Å²) in [4.78, 5) is 26.9. The van der Waals surface area contributed by atoms with E-state index in [2.05, 4.69) is 5.32 Å². The van der Waals surface area contributed by atoms with E-state index in [4.69, 9.17) is 4.74 Å². The summed E-state index contributed by atoms with van der Waals surface area (Å²) in [6, 6.07) is 15.5. The summed E-state index contributed by atoms with van der Waals surface area (Å²) < 4.78 is 9.12. The fraction of sp³-hybridized carbons (Fsp3) is 0.280. The van der Waals surface area contributed by atoms with E-state index < -0.39 is 0 Å². The maximum atomic E-state index is 12.7. The van der Waals surface area contributed by atoms with Crippen LogP contribution < -0.4 is 10.1 Å². The molecule has 2 amide bonds. The Hall–Kier alpha value is -3.74. The molecular formula is C25H28N4O3. The molecule has 0 bridgehead atoms. The van der Waals surface area contributed by atoms with E-state index in [0.29, 0.717) is 19.6 Å². The minimum absolute atomic E-state index is 0.0986. The van der Waals surface area contributed by atoms with Crippen molar-refractivity contribution in [2.45, 2.75) is 26.9 Å². The van der Waals surface area contributed by atoms with Crippen LogP contribution in [0.25, 0.3) is 21.8 Å². The predicted octanol–water partition coefficient (Wildman–Crippen LogP) is 4.11. The van der Waals surface area contributed by atoms with Crippen molar-refractivity contribution in [3.63, 3.8) is 0 Å². The van der Waals surface area contributed by atoms with Crippen LogP contribution >= 0.6 is 0 Å². The predicted molar refractivity (Wildman–Crippen MR) is 127 cm³/mol. The average Bonchev–Trinajstić information content (AvgIpc) is 3.37. The molecule has 0 unspecified atom stereocenters. The molecule has 0 aliphatic heterocycles. The number of amides is 2. The number of carbonyl (C=O) groups excluding carboxylic acids is 2. The fourth-order valence-electron chi connectivity index (χ4n) is 4.04. The van der Waals surface area contributed by atoms with Gasteiger partial charge in [-0.3, -0.25) is 9.59 Å². The van der Waals surface area contributed by atoms with Gasteiger partial charge in [-0.1, -0.05) is 0 Å². The largest absolute Gasteiger partial charge is 0.497 e. The fourth-order valence-corrected chi connectivity index (χ4v) is 4.04. The van der Waals surface area contributed by atoms with Crippen LogP contribution in [0.1, 0.15) is 13.8 Å². The Labute approximate surface area is 187 Å². The molecule has 0 aliphatic carbocycles. The van der Waals surface area contributed by atoms with E-state index >= 15 is 0 Å². The summed E-state index contributed by atoms with van der Waals surface area (Å²) in [5, 5.41) is 4.98. The lowest BCUT2D eigenvalue weighted by Gasteiger charge is -2.19. The van der Waals surface area contributed by atoms with Gasteiger partial charge in [-0.25, -0.2) is 0 Å². The molecule has 7 heteroatoms. The van der Waals surface area contributed by atoms with Crippen molar-refractivity contribution in [3.05, 3.63) is 60.9 Å². The first-order chi connectivity index (χ1) is 15.5. The molecule has 2 heterocycles. The van der Waals surface area contributed by atoms with Gasteiger partial charge >= 0.3 is 0 Å². The number of ether oxygens (including phenoxy) is 1. The Bertz CT molecular complexity index is 1270. The van der Waals surface area contributed by atoms with Crippen molar-refractivity contribution >= 4 is 39.3 Å². The molecule has 0 fully saturated rings. The van der Waals surface area contributed by atoms with Gasteiger partial charge in [0.15, 0.2) is 0 Å². The number of benzene rings is 2. The van der Waals surface area contributed by atoms with Crippen molar-refractivity contribution in [1.29, 1.82) is 0 Å². The number of methoxy groups -OCH3 is 1. The smallest absolute Gasteiger partial charge is 0.244 e. The second-order valence-corrected chi connectivity index (χ2v) is 7.70. The third kappa shape index (κ3) is 4.32. The second kappa shape index (κ2) is 9.18. The number of rotatable bonds is 8. The quantitative estimate of drug-likeness (QED) is 0.456. The number of nitrogens with one attached hydrogen (secondary N) is 1. The first kappa shape index (κ1) is 21.5. The highest BCUT2D eigenvalue weighted by molar-refractivity contribution is 5.95. The Balaban J connectivity index is 1.45. The Kier molecular flexibility index (Phi) is 6.16. The third-order valence-corrected chi connectivity index (χ3v) is 5.77. The summed E-state index contributed by atoms with van der Waals surface area (Å²) in [6.45, 7) is 5.90. The SMILES string of the molecule is CCN(CC)C(=O)Cn1ccc2cc(NC(=O)Cn3ccc4cc(OC)ccc43)ccc21. The molecule has 1 N–H and O–H groups in total. The molecule has 0 saturated heterocycles. The molecule has 4 aromatic rings. The number of aromatic nitrogens is 2. The number of fused-ring (bicyclic) bond motifs is 2. The van der Waals surface area contributed by atoms with Crippen molar-refractivity contribution in [2.24, 2.45) is 0 Å². The molecule has 32 heavy (non-hydrogen) atoms. The minimum atomic E-state index is -0.103. The Morgan fingerprint density at radius 1 is 0.875 bits per heavy atom. The standard InChI is InChI=1S/C25H28N4O3/c1-4-27(5-2)25(31)17-29-13-10-18-14-20(6-8-22(18)29)26-24(30)16-28-12-11-19-15-21(32-3)7-9-23(19)28/h6-15H,4-5,16-17H2,1-3H3,(H,26,30). The van der Waals surface area contributed by atoms with E-state index in [1.807, 2.05) is 88.8 Å². The van der Waals surface area contributed by atoms with Crippen LogP contribution in [0, 0.1) is 0 Å². The summed E-state index contributed by atoms with van der Waals surface area (Å²) in [7, 11) is 1.64. The first-order valence-corrected chi connectivity index (χ1v) is 10.8. The highest BCUT2D eigenvalue weighted by Crippen LogP contribution is 2.23. The Morgan fingerprint density at radius 3 is 2.16 bits per heavy atom. The van der Waals surface area contributed by atoms with Gasteiger partial charge < -0.3 is 24.1 Å². The molecule has 166 valence electrons. The molecule has 7 nitrogen and oxygen atoms in total. The first-order valence-electron chi connectivity index (χ1n) is 10.8. The van der Waals surface area contributed by atoms with Crippen molar-refractivity contribution in [3.8, 4) is 5.75 Å². The zero-order chi connectivity index (χ0) is 22.7. The minimum Gasteiger partial charge on any atom is -0.497 e. The normalized spacial score (nSPS) is 11.1. The zero-order valence-electron chi connectivity index (χ0n) is 18.7. The molecule has 0 radical (unpaired) electrons. The van der Waals surface area contributed by atoms with E-state index in [1.165, 1.54) is 0 Å². The van der Waals surface area contributed by atoms with E-state index in [9.17, 15) is 9.59 Å². The van der Waals surface area contributed by atoms with Crippen LogP contribution in [0.4, 0.5) is 5.69 Å². The van der Waals surface area contributed by atoms with Gasteiger partial charge in [-0.05, 0) is 62.4 Å². The lowest BCUT2D eigenvalue weighted by Crippen LogP contribution is -2.33. The van der Waals surface area contributed by atoms with Crippen molar-refractivity contribution in [2.75, 3.05) is 25.5 Å². The number of anilines is 1. The molecule has 2 aromatic heterocycles.